The maximum atomic E-state index is 12.1. The van der Waals surface area contributed by atoms with Gasteiger partial charge in [0, 0.05) is 6.07 Å². The van der Waals surface area contributed by atoms with Gasteiger partial charge in [0.15, 0.2) is 0 Å². The van der Waals surface area contributed by atoms with Crippen molar-refractivity contribution in [1.29, 1.82) is 0 Å². The molecule has 0 fully saturated rings. The summed E-state index contributed by atoms with van der Waals surface area (Å²) in [5.41, 5.74) is 5.62. The number of aromatic carboxylic acids is 1. The molecule has 0 radical (unpaired) electrons. The largest absolute Gasteiger partial charge is 0.496 e. The zero-order chi connectivity index (χ0) is 16.4. The van der Waals surface area contributed by atoms with Crippen molar-refractivity contribution in [2.75, 3.05) is 12.4 Å². The molecule has 0 unspecified atom stereocenters. The van der Waals surface area contributed by atoms with Crippen LogP contribution in [0.15, 0.2) is 12.1 Å². The van der Waals surface area contributed by atoms with E-state index in [1.807, 2.05) is 20.8 Å². The number of carboxylic acids is 1. The van der Waals surface area contributed by atoms with Gasteiger partial charge in [-0.05, 0) is 11.5 Å². The molecule has 116 valence electrons. The fourth-order valence-electron chi connectivity index (χ4n) is 1.59. The van der Waals surface area contributed by atoms with Crippen LogP contribution in [0.4, 0.5) is 5.69 Å². The van der Waals surface area contributed by atoms with Gasteiger partial charge in [0.25, 0.3) is 0 Å². The van der Waals surface area contributed by atoms with Crippen LogP contribution in [0.3, 0.4) is 0 Å². The molecule has 1 aromatic rings. The van der Waals surface area contributed by atoms with E-state index in [-0.39, 0.29) is 22.0 Å². The van der Waals surface area contributed by atoms with Gasteiger partial charge in [-0.2, -0.15) is 0 Å². The summed E-state index contributed by atoms with van der Waals surface area (Å²) in [5, 5.41) is 11.7. The second-order valence-corrected chi connectivity index (χ2v) is 6.08. The number of carbonyl (C=O) groups excluding carboxylic acids is 1. The molecule has 0 saturated heterocycles. The molecule has 4 N–H and O–H groups in total. The number of nitrogens with two attached hydrogens (primary N) is 1. The molecule has 7 heteroatoms. The number of halogens is 1. The number of rotatable bonds is 4. The van der Waals surface area contributed by atoms with E-state index in [0.29, 0.717) is 0 Å². The molecule has 0 bridgehead atoms. The first kappa shape index (κ1) is 17.3. The predicted octanol–water partition coefficient (Wildman–Crippen LogP) is 2.36. The molecule has 1 rings (SSSR count). The fraction of sp³-hybridized carbons (Fsp3) is 0.429. The molecule has 1 aromatic carbocycles. The van der Waals surface area contributed by atoms with Gasteiger partial charge in [-0.3, -0.25) is 4.79 Å². The van der Waals surface area contributed by atoms with E-state index < -0.39 is 23.3 Å². The molecule has 1 amide bonds. The average Bonchev–Trinajstić information content (AvgIpc) is 2.38. The lowest BCUT2D eigenvalue weighted by Crippen LogP contribution is -2.45. The molecule has 0 aromatic heterocycles. The zero-order valence-electron chi connectivity index (χ0n) is 12.4. The first-order valence-electron chi connectivity index (χ1n) is 6.25. The standard InChI is InChI=1S/C14H19ClN2O4/c1-14(2,3)11(16)12(18)17-9-6-10(21-4)7(13(19)20)5-8(9)15/h5-6,11H,16H2,1-4H3,(H,17,18)(H,19,20)/t11-/m0/s1. The van der Waals surface area contributed by atoms with Crippen LogP contribution in [0, 0.1) is 5.41 Å². The molecular formula is C14H19ClN2O4. The highest BCUT2D eigenvalue weighted by Crippen LogP contribution is 2.31. The average molecular weight is 315 g/mol. The summed E-state index contributed by atoms with van der Waals surface area (Å²) in [4.78, 5) is 23.1. The van der Waals surface area contributed by atoms with E-state index >= 15 is 0 Å². The topological polar surface area (TPSA) is 102 Å². The highest BCUT2D eigenvalue weighted by Gasteiger charge is 2.28. The summed E-state index contributed by atoms with van der Waals surface area (Å²) in [5.74, 6) is -1.47. The number of nitrogens with one attached hydrogen (secondary N) is 1. The first-order valence-corrected chi connectivity index (χ1v) is 6.63. The Morgan fingerprint density at radius 2 is 1.95 bits per heavy atom. The Morgan fingerprint density at radius 3 is 2.38 bits per heavy atom. The van der Waals surface area contributed by atoms with E-state index in [1.165, 1.54) is 19.2 Å². The van der Waals surface area contributed by atoms with Crippen molar-refractivity contribution < 1.29 is 19.4 Å². The van der Waals surface area contributed by atoms with E-state index in [1.54, 1.807) is 0 Å². The van der Waals surface area contributed by atoms with Gasteiger partial charge in [0.05, 0.1) is 23.9 Å². The van der Waals surface area contributed by atoms with E-state index in [4.69, 9.17) is 27.2 Å². The van der Waals surface area contributed by atoms with Crippen LogP contribution in [0.1, 0.15) is 31.1 Å². The number of benzene rings is 1. The molecule has 0 spiro atoms. The van der Waals surface area contributed by atoms with Crippen molar-refractivity contribution in [3.05, 3.63) is 22.7 Å². The van der Waals surface area contributed by atoms with Crippen molar-refractivity contribution >= 4 is 29.2 Å². The summed E-state index contributed by atoms with van der Waals surface area (Å²) >= 11 is 5.99. The maximum absolute atomic E-state index is 12.1. The minimum absolute atomic E-state index is 0.0828. The maximum Gasteiger partial charge on any atom is 0.339 e. The lowest BCUT2D eigenvalue weighted by Gasteiger charge is -2.26. The predicted molar refractivity (Wildman–Crippen MR) is 81.0 cm³/mol. The third-order valence-corrected chi connectivity index (χ3v) is 3.31. The highest BCUT2D eigenvalue weighted by molar-refractivity contribution is 6.34. The van der Waals surface area contributed by atoms with Crippen molar-refractivity contribution in [1.82, 2.24) is 0 Å². The SMILES string of the molecule is COc1cc(NC(=O)[C@H](N)C(C)(C)C)c(Cl)cc1C(=O)O. The second-order valence-electron chi connectivity index (χ2n) is 5.67. The van der Waals surface area contributed by atoms with Crippen LogP contribution in [0.25, 0.3) is 0 Å². The molecule has 0 aliphatic rings. The second kappa shape index (κ2) is 6.32. The van der Waals surface area contributed by atoms with E-state index in [2.05, 4.69) is 5.32 Å². The van der Waals surface area contributed by atoms with Gasteiger partial charge in [-0.1, -0.05) is 32.4 Å². The number of ether oxygens (including phenoxy) is 1. The highest BCUT2D eigenvalue weighted by atomic mass is 35.5. The molecule has 0 saturated carbocycles. The number of hydrogen-bond donors (Lipinski definition) is 3. The Morgan fingerprint density at radius 1 is 1.38 bits per heavy atom. The van der Waals surface area contributed by atoms with Gasteiger partial charge in [-0.15, -0.1) is 0 Å². The third kappa shape index (κ3) is 4.09. The van der Waals surface area contributed by atoms with Gasteiger partial charge in [0.1, 0.15) is 11.3 Å². The van der Waals surface area contributed by atoms with Crippen LogP contribution in [-0.4, -0.2) is 30.1 Å². The third-order valence-electron chi connectivity index (χ3n) is 2.99. The van der Waals surface area contributed by atoms with Crippen LogP contribution in [-0.2, 0) is 4.79 Å². The summed E-state index contributed by atoms with van der Waals surface area (Å²) in [6.07, 6.45) is 0. The van der Waals surface area contributed by atoms with E-state index in [9.17, 15) is 9.59 Å². The molecule has 1 atom stereocenters. The van der Waals surface area contributed by atoms with Gasteiger partial charge < -0.3 is 20.9 Å². The number of carbonyl (C=O) groups is 2. The molecule has 0 heterocycles. The minimum atomic E-state index is -1.17. The van der Waals surface area contributed by atoms with Crippen molar-refractivity contribution in [3.8, 4) is 5.75 Å². The molecular weight excluding hydrogens is 296 g/mol. The van der Waals surface area contributed by atoms with Crippen LogP contribution < -0.4 is 15.8 Å². The first-order chi connectivity index (χ1) is 9.57. The van der Waals surface area contributed by atoms with E-state index in [0.717, 1.165) is 0 Å². The molecule has 21 heavy (non-hydrogen) atoms. The number of methoxy groups -OCH3 is 1. The lowest BCUT2D eigenvalue weighted by molar-refractivity contribution is -0.119. The number of anilines is 1. The Labute approximate surface area is 128 Å². The summed E-state index contributed by atoms with van der Waals surface area (Å²) in [6.45, 7) is 5.52. The Balaban J connectivity index is 3.10. The fourth-order valence-corrected chi connectivity index (χ4v) is 1.80. The Kier molecular flexibility index (Phi) is 5.20. The zero-order valence-corrected chi connectivity index (χ0v) is 13.1. The molecule has 0 aliphatic heterocycles. The number of amides is 1. The Bertz CT molecular complexity index is 567. The monoisotopic (exact) mass is 314 g/mol. The van der Waals surface area contributed by atoms with Gasteiger partial charge >= 0.3 is 5.97 Å². The van der Waals surface area contributed by atoms with Crippen LogP contribution >= 0.6 is 11.6 Å². The lowest BCUT2D eigenvalue weighted by atomic mass is 9.87. The number of hydrogen-bond acceptors (Lipinski definition) is 4. The summed E-state index contributed by atoms with van der Waals surface area (Å²) in [6, 6.07) is 1.85. The van der Waals surface area contributed by atoms with Crippen molar-refractivity contribution in [2.45, 2.75) is 26.8 Å². The molecule has 6 nitrogen and oxygen atoms in total. The van der Waals surface area contributed by atoms with Crippen LogP contribution in [0.5, 0.6) is 5.75 Å². The smallest absolute Gasteiger partial charge is 0.339 e. The molecule has 0 aliphatic carbocycles. The number of carboxylic acid groups (broad SMARTS) is 1. The minimum Gasteiger partial charge on any atom is -0.496 e. The van der Waals surface area contributed by atoms with Gasteiger partial charge in [-0.25, -0.2) is 4.79 Å². The summed E-state index contributed by atoms with van der Waals surface area (Å²) < 4.78 is 4.99. The van der Waals surface area contributed by atoms with Crippen molar-refractivity contribution in [2.24, 2.45) is 11.1 Å². The quantitative estimate of drug-likeness (QED) is 0.792. The normalized spacial score (nSPS) is 12.7. The Hall–Kier alpha value is -1.79. The summed E-state index contributed by atoms with van der Waals surface area (Å²) in [7, 11) is 1.34. The van der Waals surface area contributed by atoms with Crippen LogP contribution in [0.2, 0.25) is 5.02 Å². The van der Waals surface area contributed by atoms with Crippen molar-refractivity contribution in [3.63, 3.8) is 0 Å². The van der Waals surface area contributed by atoms with Gasteiger partial charge in [0.2, 0.25) is 5.91 Å².